The molecule has 11 heteroatoms. The molecule has 2 N–H and O–H groups in total. The number of halogens is 4. The van der Waals surface area contributed by atoms with Gasteiger partial charge in [0, 0.05) is 0 Å². The minimum atomic E-state index is -1.94. The van der Waals surface area contributed by atoms with Gasteiger partial charge in [-0.1, -0.05) is 34.8 Å². The van der Waals surface area contributed by atoms with E-state index in [0.717, 1.165) is 17.3 Å². The summed E-state index contributed by atoms with van der Waals surface area (Å²) < 4.78 is 27.6. The van der Waals surface area contributed by atoms with E-state index in [9.17, 15) is 9.18 Å². The Hall–Kier alpha value is -2.03. The number of nitrogens with one attached hydrogen (secondary N) is 2. The van der Waals surface area contributed by atoms with E-state index in [0.29, 0.717) is 18.5 Å². The molecule has 1 heterocycles. The number of hydrogen-bond acceptors (Lipinski definition) is 6. The van der Waals surface area contributed by atoms with Crippen molar-refractivity contribution in [2.24, 2.45) is 0 Å². The van der Waals surface area contributed by atoms with Crippen molar-refractivity contribution in [2.45, 2.75) is 37.1 Å². The van der Waals surface area contributed by atoms with E-state index in [4.69, 9.17) is 54.4 Å². The molecule has 2 aromatic rings. The van der Waals surface area contributed by atoms with E-state index in [1.54, 1.807) is 6.92 Å². The summed E-state index contributed by atoms with van der Waals surface area (Å²) in [6.07, 6.45) is 1.10. The smallest absolute Gasteiger partial charge is 0.338 e. The van der Waals surface area contributed by atoms with Crippen LogP contribution in [0, 0.1) is 18.2 Å². The highest BCUT2D eigenvalue weighted by atomic mass is 35.6. The number of aryl methyl sites for hydroxylation is 1. The lowest BCUT2D eigenvalue weighted by atomic mass is 10.1. The largest absolute Gasteiger partial charge is 0.490 e. The summed E-state index contributed by atoms with van der Waals surface area (Å²) in [6, 6.07) is 3.82. The highest BCUT2D eigenvalue weighted by molar-refractivity contribution is 6.76. The zero-order valence-corrected chi connectivity index (χ0v) is 18.6. The zero-order chi connectivity index (χ0) is 22.3. The topological polar surface area (TPSA) is 97.3 Å². The van der Waals surface area contributed by atoms with Crippen molar-refractivity contribution in [3.8, 4) is 5.75 Å². The highest BCUT2D eigenvalue weighted by Gasteiger charge is 2.29. The van der Waals surface area contributed by atoms with Crippen molar-refractivity contribution in [1.82, 2.24) is 10.2 Å². The Bertz CT molecular complexity index is 900. The summed E-state index contributed by atoms with van der Waals surface area (Å²) in [5, 5.41) is 14.5. The van der Waals surface area contributed by atoms with Crippen LogP contribution in [-0.4, -0.2) is 39.1 Å². The van der Waals surface area contributed by atoms with Gasteiger partial charge in [0.2, 0.25) is 5.90 Å². The van der Waals surface area contributed by atoms with E-state index in [2.05, 4.69) is 10.2 Å². The van der Waals surface area contributed by atoms with Gasteiger partial charge in [0.1, 0.15) is 6.61 Å². The standard InChI is InChI=1S/C19H21Cl3FN3O4/c1-3-28-17(27)12-6-7-14(23)16(9-12)29-8-4-5-13-11(2)25-26-15(13)10-30-18(24)19(20,21)22/h6-7,9,24H,3-5,8,10H2,1-2H3,(H,25,26). The lowest BCUT2D eigenvalue weighted by Gasteiger charge is -2.14. The van der Waals surface area contributed by atoms with Crippen LogP contribution in [0.25, 0.3) is 0 Å². The number of rotatable bonds is 9. The van der Waals surface area contributed by atoms with E-state index in [1.807, 2.05) is 6.92 Å². The molecule has 0 aliphatic heterocycles. The Labute approximate surface area is 188 Å². The highest BCUT2D eigenvalue weighted by Crippen LogP contribution is 2.28. The van der Waals surface area contributed by atoms with Gasteiger partial charge in [0.05, 0.1) is 30.2 Å². The average Bonchev–Trinajstić information content (AvgIpc) is 3.03. The molecular formula is C19H21Cl3FN3O4. The van der Waals surface area contributed by atoms with Gasteiger partial charge in [0.25, 0.3) is 3.79 Å². The molecule has 0 unspecified atom stereocenters. The van der Waals surface area contributed by atoms with Crippen molar-refractivity contribution in [3.05, 3.63) is 46.5 Å². The van der Waals surface area contributed by atoms with Gasteiger partial charge in [0.15, 0.2) is 11.6 Å². The Balaban J connectivity index is 1.92. The number of esters is 1. The van der Waals surface area contributed by atoms with Gasteiger partial charge >= 0.3 is 5.97 Å². The second-order valence-electron chi connectivity index (χ2n) is 6.20. The average molecular weight is 481 g/mol. The van der Waals surface area contributed by atoms with Crippen LogP contribution in [0.15, 0.2) is 18.2 Å². The molecule has 30 heavy (non-hydrogen) atoms. The van der Waals surface area contributed by atoms with Crippen LogP contribution in [0.4, 0.5) is 4.39 Å². The molecule has 0 radical (unpaired) electrons. The van der Waals surface area contributed by atoms with Gasteiger partial charge in [-0.2, -0.15) is 5.10 Å². The number of carbonyl (C=O) groups excluding carboxylic acids is 1. The fourth-order valence-corrected chi connectivity index (χ4v) is 2.73. The molecular weight excluding hydrogens is 460 g/mol. The Morgan fingerprint density at radius 1 is 1.30 bits per heavy atom. The van der Waals surface area contributed by atoms with E-state index >= 15 is 0 Å². The number of ether oxygens (including phenoxy) is 3. The Morgan fingerprint density at radius 2 is 2.03 bits per heavy atom. The number of hydrogen-bond donors (Lipinski definition) is 2. The predicted molar refractivity (Wildman–Crippen MR) is 112 cm³/mol. The second kappa shape index (κ2) is 10.8. The van der Waals surface area contributed by atoms with Crippen LogP contribution < -0.4 is 4.74 Å². The molecule has 0 atom stereocenters. The van der Waals surface area contributed by atoms with E-state index in [-0.39, 0.29) is 31.1 Å². The van der Waals surface area contributed by atoms with Gasteiger partial charge in [-0.3, -0.25) is 10.5 Å². The number of alkyl halides is 3. The molecule has 1 aromatic carbocycles. The minimum absolute atomic E-state index is 0.0139. The monoisotopic (exact) mass is 479 g/mol. The quantitative estimate of drug-likeness (QED) is 0.175. The molecule has 0 spiro atoms. The maximum absolute atomic E-state index is 14.0. The number of nitrogens with zero attached hydrogens (tertiary/aromatic N) is 1. The van der Waals surface area contributed by atoms with Gasteiger partial charge in [-0.05, 0) is 50.5 Å². The third-order valence-electron chi connectivity index (χ3n) is 4.05. The number of carbonyl (C=O) groups is 1. The lowest BCUT2D eigenvalue weighted by molar-refractivity contribution is 0.0525. The maximum Gasteiger partial charge on any atom is 0.338 e. The normalized spacial score (nSPS) is 11.3. The number of H-pyrrole nitrogens is 1. The number of aromatic amines is 1. The second-order valence-corrected chi connectivity index (χ2v) is 8.48. The first-order chi connectivity index (χ1) is 14.1. The van der Waals surface area contributed by atoms with Crippen molar-refractivity contribution in [3.63, 3.8) is 0 Å². The summed E-state index contributed by atoms with van der Waals surface area (Å²) in [6.45, 7) is 3.93. The first-order valence-corrected chi connectivity index (χ1v) is 10.2. The van der Waals surface area contributed by atoms with Crippen molar-refractivity contribution >= 4 is 46.7 Å². The molecule has 0 aliphatic rings. The summed E-state index contributed by atoms with van der Waals surface area (Å²) in [7, 11) is 0. The summed E-state index contributed by atoms with van der Waals surface area (Å²) in [4.78, 5) is 11.8. The van der Waals surface area contributed by atoms with Crippen LogP contribution in [0.5, 0.6) is 5.75 Å². The van der Waals surface area contributed by atoms with Crippen LogP contribution in [0.3, 0.4) is 0 Å². The van der Waals surface area contributed by atoms with E-state index < -0.39 is 21.5 Å². The molecule has 164 valence electrons. The number of benzene rings is 1. The Kier molecular flexibility index (Phi) is 8.76. The third-order valence-corrected chi connectivity index (χ3v) is 4.56. The van der Waals surface area contributed by atoms with Crippen LogP contribution in [-0.2, 0) is 22.5 Å². The first kappa shape index (κ1) is 24.2. The molecule has 0 amide bonds. The molecule has 0 saturated heterocycles. The fourth-order valence-electron chi connectivity index (χ4n) is 2.57. The summed E-state index contributed by atoms with van der Waals surface area (Å²) >= 11 is 16.8. The SMILES string of the molecule is CCOC(=O)c1ccc(F)c(OCCCc2c(C)n[nH]c2COC(=N)C(Cl)(Cl)Cl)c1. The zero-order valence-electron chi connectivity index (χ0n) is 16.4. The van der Waals surface area contributed by atoms with Crippen molar-refractivity contribution in [1.29, 1.82) is 5.41 Å². The minimum Gasteiger partial charge on any atom is -0.490 e. The molecule has 0 fully saturated rings. The predicted octanol–water partition coefficient (Wildman–Crippen LogP) is 4.91. The van der Waals surface area contributed by atoms with Gasteiger partial charge in [-0.15, -0.1) is 0 Å². The molecule has 7 nitrogen and oxygen atoms in total. The Morgan fingerprint density at radius 3 is 2.70 bits per heavy atom. The fraction of sp³-hybridized carbons (Fsp3) is 0.421. The molecule has 1 aromatic heterocycles. The van der Waals surface area contributed by atoms with Crippen molar-refractivity contribution in [2.75, 3.05) is 13.2 Å². The third kappa shape index (κ3) is 6.75. The summed E-state index contributed by atoms with van der Waals surface area (Å²) in [5.41, 5.74) is 2.48. The van der Waals surface area contributed by atoms with Crippen LogP contribution >= 0.6 is 34.8 Å². The first-order valence-electron chi connectivity index (χ1n) is 9.04. The molecule has 0 aliphatic carbocycles. The van der Waals surface area contributed by atoms with E-state index in [1.165, 1.54) is 12.1 Å². The van der Waals surface area contributed by atoms with Gasteiger partial charge in [-0.25, -0.2) is 9.18 Å². The lowest BCUT2D eigenvalue weighted by Crippen LogP contribution is -2.21. The van der Waals surface area contributed by atoms with Crippen molar-refractivity contribution < 1.29 is 23.4 Å². The molecule has 2 rings (SSSR count). The van der Waals surface area contributed by atoms with Gasteiger partial charge < -0.3 is 14.2 Å². The molecule has 0 bridgehead atoms. The number of aromatic nitrogens is 2. The molecule has 0 saturated carbocycles. The van der Waals surface area contributed by atoms with Crippen LogP contribution in [0.2, 0.25) is 0 Å². The summed E-state index contributed by atoms with van der Waals surface area (Å²) in [5.74, 6) is -1.63. The van der Waals surface area contributed by atoms with Crippen LogP contribution in [0.1, 0.15) is 40.7 Å². The maximum atomic E-state index is 14.0.